The molecule has 2 aromatic carbocycles. The van der Waals surface area contributed by atoms with Gasteiger partial charge in [-0.3, -0.25) is 14.4 Å². The second kappa shape index (κ2) is 11.3. The number of amides is 1. The molecule has 1 fully saturated rings. The normalized spacial score (nSPS) is 16.4. The van der Waals surface area contributed by atoms with E-state index in [-0.39, 0.29) is 5.91 Å². The number of hydrogen-bond donors (Lipinski definition) is 0. The van der Waals surface area contributed by atoms with Gasteiger partial charge in [0.2, 0.25) is 0 Å². The molecule has 33 heavy (non-hydrogen) atoms. The molecule has 5 heteroatoms. The molecule has 1 aliphatic rings. The minimum atomic E-state index is 0.0535. The van der Waals surface area contributed by atoms with Crippen LogP contribution < -0.4 is 0 Å². The van der Waals surface area contributed by atoms with Gasteiger partial charge in [-0.15, -0.1) is 0 Å². The highest BCUT2D eigenvalue weighted by Crippen LogP contribution is 2.21. The van der Waals surface area contributed by atoms with Gasteiger partial charge in [0.1, 0.15) is 0 Å². The lowest BCUT2D eigenvalue weighted by molar-refractivity contribution is 0.0739. The maximum atomic E-state index is 13.4. The van der Waals surface area contributed by atoms with E-state index < -0.39 is 0 Å². The summed E-state index contributed by atoms with van der Waals surface area (Å²) in [6, 6.07) is 21.0. The van der Waals surface area contributed by atoms with Gasteiger partial charge in [0.15, 0.2) is 5.69 Å². The topological polar surface area (TPSA) is 41.4 Å². The molecule has 4 rings (SSSR count). The van der Waals surface area contributed by atoms with Gasteiger partial charge in [0, 0.05) is 33.2 Å². The van der Waals surface area contributed by atoms with Gasteiger partial charge in [-0.05, 0) is 49.9 Å². The Morgan fingerprint density at radius 3 is 2.27 bits per heavy atom. The third-order valence-electron chi connectivity index (χ3n) is 6.54. The Bertz CT molecular complexity index is 1030. The number of carbonyl (C=O) groups is 1. The van der Waals surface area contributed by atoms with E-state index in [1.165, 1.54) is 30.4 Å². The van der Waals surface area contributed by atoms with E-state index in [0.717, 1.165) is 56.8 Å². The van der Waals surface area contributed by atoms with Crippen LogP contribution in [0.5, 0.6) is 0 Å². The molecule has 1 aromatic heterocycles. The monoisotopic (exact) mass is 444 g/mol. The average molecular weight is 445 g/mol. The lowest BCUT2D eigenvalue weighted by Gasteiger charge is -2.25. The lowest BCUT2D eigenvalue weighted by Crippen LogP contribution is -2.35. The molecule has 0 spiro atoms. The van der Waals surface area contributed by atoms with E-state index >= 15 is 0 Å². The van der Waals surface area contributed by atoms with Gasteiger partial charge in [-0.2, -0.15) is 5.10 Å². The van der Waals surface area contributed by atoms with Gasteiger partial charge in [-0.25, -0.2) is 0 Å². The van der Waals surface area contributed by atoms with Crippen LogP contribution >= 0.6 is 0 Å². The fourth-order valence-corrected chi connectivity index (χ4v) is 4.63. The number of benzene rings is 2. The van der Waals surface area contributed by atoms with E-state index in [9.17, 15) is 4.79 Å². The molecule has 0 aliphatic carbocycles. The molecular weight excluding hydrogens is 408 g/mol. The van der Waals surface area contributed by atoms with Crippen LogP contribution in [0.4, 0.5) is 0 Å². The largest absolute Gasteiger partial charge is 0.337 e. The first-order valence-corrected chi connectivity index (χ1v) is 12.3. The van der Waals surface area contributed by atoms with Gasteiger partial charge in [0.25, 0.3) is 5.91 Å². The number of carbonyl (C=O) groups excluding carboxylic acids is 1. The van der Waals surface area contributed by atoms with Crippen LogP contribution in [0, 0.1) is 6.92 Å². The smallest absolute Gasteiger partial charge is 0.274 e. The van der Waals surface area contributed by atoms with E-state index in [1.807, 2.05) is 22.7 Å². The highest BCUT2D eigenvalue weighted by molar-refractivity contribution is 5.93. The van der Waals surface area contributed by atoms with Crippen LogP contribution in [-0.2, 0) is 13.6 Å². The molecule has 1 aliphatic heterocycles. The van der Waals surface area contributed by atoms with Crippen molar-refractivity contribution < 1.29 is 4.79 Å². The first-order chi connectivity index (χ1) is 16.1. The first kappa shape index (κ1) is 23.2. The summed E-state index contributed by atoms with van der Waals surface area (Å²) in [5, 5.41) is 4.58. The number of nitrogens with zero attached hydrogens (tertiary/aromatic N) is 4. The van der Waals surface area contributed by atoms with Crippen molar-refractivity contribution in [3.8, 4) is 11.3 Å². The van der Waals surface area contributed by atoms with E-state index in [4.69, 9.17) is 0 Å². The van der Waals surface area contributed by atoms with E-state index in [0.29, 0.717) is 5.69 Å². The van der Waals surface area contributed by atoms with Crippen molar-refractivity contribution in [3.63, 3.8) is 0 Å². The molecule has 0 unspecified atom stereocenters. The highest BCUT2D eigenvalue weighted by atomic mass is 16.2. The summed E-state index contributed by atoms with van der Waals surface area (Å²) >= 11 is 0. The molecule has 1 amide bonds. The number of rotatable bonds is 4. The van der Waals surface area contributed by atoms with Gasteiger partial charge >= 0.3 is 0 Å². The van der Waals surface area contributed by atoms with Crippen molar-refractivity contribution in [1.29, 1.82) is 0 Å². The maximum Gasteiger partial charge on any atom is 0.274 e. The summed E-state index contributed by atoms with van der Waals surface area (Å²) in [4.78, 5) is 18.0. The average Bonchev–Trinajstić information content (AvgIpc) is 3.19. The Hall–Kier alpha value is -2.92. The molecule has 0 bridgehead atoms. The fraction of sp³-hybridized carbons (Fsp3) is 0.429. The molecule has 1 saturated heterocycles. The Kier molecular flexibility index (Phi) is 7.95. The lowest BCUT2D eigenvalue weighted by atomic mass is 10.1. The molecule has 174 valence electrons. The van der Waals surface area contributed by atoms with Crippen LogP contribution in [0.25, 0.3) is 11.3 Å². The maximum absolute atomic E-state index is 13.4. The standard InChI is InChI=1S/C28H36N4O/c1-23-13-15-25(16-14-23)27-21-26(29-30(27)2)28(33)32-19-9-4-3-8-17-31(18-10-20-32)22-24-11-6-5-7-12-24/h5-7,11-16,21H,3-4,8-10,17-20,22H2,1-2H3. The van der Waals surface area contributed by atoms with Gasteiger partial charge in [-0.1, -0.05) is 73.0 Å². The summed E-state index contributed by atoms with van der Waals surface area (Å²) in [6.07, 6.45) is 5.65. The molecule has 0 atom stereocenters. The van der Waals surface area contributed by atoms with E-state index in [1.54, 1.807) is 0 Å². The molecule has 5 nitrogen and oxygen atoms in total. The third-order valence-corrected chi connectivity index (χ3v) is 6.54. The second-order valence-corrected chi connectivity index (χ2v) is 9.23. The minimum absolute atomic E-state index is 0.0535. The van der Waals surface area contributed by atoms with Crippen molar-refractivity contribution in [2.45, 2.75) is 45.6 Å². The zero-order chi connectivity index (χ0) is 23.0. The highest BCUT2D eigenvalue weighted by Gasteiger charge is 2.21. The summed E-state index contributed by atoms with van der Waals surface area (Å²) in [5.74, 6) is 0.0535. The number of aromatic nitrogens is 2. The van der Waals surface area contributed by atoms with Gasteiger partial charge in [0.05, 0.1) is 5.69 Å². The third kappa shape index (κ3) is 6.32. The predicted molar refractivity (Wildman–Crippen MR) is 134 cm³/mol. The summed E-state index contributed by atoms with van der Waals surface area (Å²) in [7, 11) is 1.92. The number of aryl methyl sites for hydroxylation is 2. The van der Waals surface area contributed by atoms with Crippen molar-refractivity contribution in [3.05, 3.63) is 77.5 Å². The second-order valence-electron chi connectivity index (χ2n) is 9.23. The zero-order valence-electron chi connectivity index (χ0n) is 20.0. The Balaban J connectivity index is 1.43. The number of hydrogen-bond acceptors (Lipinski definition) is 3. The molecule has 0 N–H and O–H groups in total. The van der Waals surface area contributed by atoms with Crippen molar-refractivity contribution in [2.75, 3.05) is 26.2 Å². The Morgan fingerprint density at radius 1 is 0.848 bits per heavy atom. The first-order valence-electron chi connectivity index (χ1n) is 12.3. The van der Waals surface area contributed by atoms with Crippen LogP contribution in [0.1, 0.15) is 53.7 Å². The van der Waals surface area contributed by atoms with Gasteiger partial charge < -0.3 is 4.90 Å². The summed E-state index contributed by atoms with van der Waals surface area (Å²) in [5.41, 5.74) is 5.19. The van der Waals surface area contributed by atoms with Crippen LogP contribution in [0.2, 0.25) is 0 Å². The Labute approximate surface area is 198 Å². The van der Waals surface area contributed by atoms with Crippen molar-refractivity contribution in [1.82, 2.24) is 19.6 Å². The predicted octanol–water partition coefficient (Wildman–Crippen LogP) is 5.30. The molecule has 2 heterocycles. The van der Waals surface area contributed by atoms with E-state index in [2.05, 4.69) is 71.5 Å². The molecule has 0 saturated carbocycles. The van der Waals surface area contributed by atoms with Crippen LogP contribution in [-0.4, -0.2) is 51.7 Å². The van der Waals surface area contributed by atoms with Crippen molar-refractivity contribution in [2.24, 2.45) is 7.05 Å². The SMILES string of the molecule is Cc1ccc(-c2cc(C(=O)N3CCCCCCN(Cc4ccccc4)CCC3)nn2C)cc1. The Morgan fingerprint density at radius 2 is 1.52 bits per heavy atom. The van der Waals surface area contributed by atoms with Crippen LogP contribution in [0.15, 0.2) is 60.7 Å². The van der Waals surface area contributed by atoms with Crippen LogP contribution in [0.3, 0.4) is 0 Å². The summed E-state index contributed by atoms with van der Waals surface area (Å²) < 4.78 is 1.83. The molecular formula is C28H36N4O. The minimum Gasteiger partial charge on any atom is -0.337 e. The fourth-order valence-electron chi connectivity index (χ4n) is 4.63. The quantitative estimate of drug-likeness (QED) is 0.548. The summed E-state index contributed by atoms with van der Waals surface area (Å²) in [6.45, 7) is 6.79. The molecule has 3 aromatic rings. The van der Waals surface area contributed by atoms with Crippen molar-refractivity contribution >= 4 is 5.91 Å². The molecule has 0 radical (unpaired) electrons. The zero-order valence-corrected chi connectivity index (χ0v) is 20.0.